The van der Waals surface area contributed by atoms with Gasteiger partial charge in [-0.15, -0.1) is 0 Å². The highest BCUT2D eigenvalue weighted by Gasteiger charge is 2.15. The van der Waals surface area contributed by atoms with Gasteiger partial charge in [0.1, 0.15) is 17.2 Å². The minimum absolute atomic E-state index is 0.0511. The van der Waals surface area contributed by atoms with Gasteiger partial charge in [-0.05, 0) is 56.2 Å². The van der Waals surface area contributed by atoms with E-state index in [-0.39, 0.29) is 11.7 Å². The van der Waals surface area contributed by atoms with Crippen LogP contribution in [0.2, 0.25) is 0 Å². The van der Waals surface area contributed by atoms with E-state index in [9.17, 15) is 9.59 Å². The molecule has 0 saturated carbocycles. The number of nitrogens with one attached hydrogen (secondary N) is 1. The fourth-order valence-corrected chi connectivity index (χ4v) is 2.59. The fourth-order valence-electron chi connectivity index (χ4n) is 2.59. The summed E-state index contributed by atoms with van der Waals surface area (Å²) in [5.41, 5.74) is 1.49. The third-order valence-electron chi connectivity index (χ3n) is 4.10. The summed E-state index contributed by atoms with van der Waals surface area (Å²) in [6, 6.07) is 12.3. The van der Waals surface area contributed by atoms with Crippen molar-refractivity contribution in [3.8, 4) is 17.2 Å². The molecule has 0 aliphatic heterocycles. The predicted octanol–water partition coefficient (Wildman–Crippen LogP) is 3.03. The van der Waals surface area contributed by atoms with Crippen LogP contribution in [0.5, 0.6) is 17.2 Å². The molecule has 0 fully saturated rings. The van der Waals surface area contributed by atoms with Crippen LogP contribution >= 0.6 is 0 Å². The molecular formula is C21H25NO5. The first-order valence-electron chi connectivity index (χ1n) is 8.71. The van der Waals surface area contributed by atoms with Gasteiger partial charge in [-0.1, -0.05) is 12.1 Å². The maximum atomic E-state index is 12.3. The van der Waals surface area contributed by atoms with Gasteiger partial charge in [0.2, 0.25) is 0 Å². The Labute approximate surface area is 159 Å². The molecule has 0 aliphatic rings. The first-order chi connectivity index (χ1) is 12.9. The van der Waals surface area contributed by atoms with Gasteiger partial charge in [0.25, 0.3) is 5.91 Å². The van der Waals surface area contributed by atoms with Crippen LogP contribution < -0.4 is 19.5 Å². The Bertz CT molecular complexity index is 803. The van der Waals surface area contributed by atoms with Crippen molar-refractivity contribution in [3.05, 3.63) is 53.6 Å². The molecule has 0 spiro atoms. The number of carbonyl (C=O) groups excluding carboxylic acids is 2. The van der Waals surface area contributed by atoms with E-state index in [2.05, 4.69) is 5.32 Å². The van der Waals surface area contributed by atoms with Crippen molar-refractivity contribution in [1.82, 2.24) is 5.32 Å². The number of hydrogen-bond acceptors (Lipinski definition) is 5. The van der Waals surface area contributed by atoms with Crippen molar-refractivity contribution in [2.45, 2.75) is 26.4 Å². The quantitative estimate of drug-likeness (QED) is 0.686. The number of benzene rings is 2. The summed E-state index contributed by atoms with van der Waals surface area (Å²) in [6.07, 6.45) is -0.0852. The van der Waals surface area contributed by atoms with E-state index in [0.717, 1.165) is 17.1 Å². The molecule has 1 unspecified atom stereocenters. The topological polar surface area (TPSA) is 73.9 Å². The first-order valence-corrected chi connectivity index (χ1v) is 8.71. The lowest BCUT2D eigenvalue weighted by atomic mass is 10.1. The Morgan fingerprint density at radius 1 is 1.04 bits per heavy atom. The summed E-state index contributed by atoms with van der Waals surface area (Å²) >= 11 is 0. The predicted molar refractivity (Wildman–Crippen MR) is 103 cm³/mol. The molecule has 6 heteroatoms. The average Bonchev–Trinajstić information content (AvgIpc) is 2.67. The average molecular weight is 371 g/mol. The summed E-state index contributed by atoms with van der Waals surface area (Å²) in [4.78, 5) is 23.7. The molecule has 2 aromatic carbocycles. The summed E-state index contributed by atoms with van der Waals surface area (Å²) in [7, 11) is 3.21. The Morgan fingerprint density at radius 3 is 2.48 bits per heavy atom. The highest BCUT2D eigenvalue weighted by Crippen LogP contribution is 2.24. The third kappa shape index (κ3) is 5.74. The molecule has 144 valence electrons. The lowest BCUT2D eigenvalue weighted by molar-refractivity contribution is -0.127. The van der Waals surface area contributed by atoms with E-state index in [1.165, 1.54) is 6.92 Å². The summed E-state index contributed by atoms with van der Waals surface area (Å²) in [6.45, 7) is 3.59. The molecular weight excluding hydrogens is 346 g/mol. The second kappa shape index (κ2) is 9.62. The number of rotatable bonds is 9. The van der Waals surface area contributed by atoms with Crippen molar-refractivity contribution in [2.24, 2.45) is 0 Å². The van der Waals surface area contributed by atoms with Crippen LogP contribution in [0.3, 0.4) is 0 Å². The van der Waals surface area contributed by atoms with Crippen LogP contribution in [0, 0.1) is 0 Å². The summed E-state index contributed by atoms with van der Waals surface area (Å²) in [5.74, 6) is 1.68. The first kappa shape index (κ1) is 20.3. The zero-order valence-corrected chi connectivity index (χ0v) is 16.1. The van der Waals surface area contributed by atoms with Gasteiger partial charge < -0.3 is 19.5 Å². The molecule has 1 N–H and O–H groups in total. The van der Waals surface area contributed by atoms with Crippen LogP contribution in [-0.4, -0.2) is 38.6 Å². The van der Waals surface area contributed by atoms with E-state index in [4.69, 9.17) is 14.2 Å². The number of amides is 1. The van der Waals surface area contributed by atoms with E-state index < -0.39 is 6.10 Å². The maximum absolute atomic E-state index is 12.3. The van der Waals surface area contributed by atoms with Gasteiger partial charge in [-0.3, -0.25) is 9.59 Å². The molecule has 1 atom stereocenters. The molecule has 2 aromatic rings. The largest absolute Gasteiger partial charge is 0.497 e. The Morgan fingerprint density at radius 2 is 1.81 bits per heavy atom. The van der Waals surface area contributed by atoms with E-state index in [1.54, 1.807) is 45.4 Å². The molecule has 0 heterocycles. The Hall–Kier alpha value is -3.02. The van der Waals surface area contributed by atoms with E-state index in [1.807, 2.05) is 18.2 Å². The van der Waals surface area contributed by atoms with E-state index >= 15 is 0 Å². The zero-order chi connectivity index (χ0) is 19.8. The number of ether oxygens (including phenoxy) is 3. The number of methoxy groups -OCH3 is 2. The van der Waals surface area contributed by atoms with Crippen LogP contribution in [-0.2, 0) is 11.2 Å². The molecule has 1 amide bonds. The molecule has 6 nitrogen and oxygen atoms in total. The maximum Gasteiger partial charge on any atom is 0.260 e. The Kier molecular flexibility index (Phi) is 7.23. The number of ketones is 1. The molecule has 2 rings (SSSR count). The van der Waals surface area contributed by atoms with Crippen molar-refractivity contribution in [2.75, 3.05) is 20.8 Å². The standard InChI is InChI=1S/C21H25NO5/c1-14(23)16-6-5-7-19(12-16)27-15(2)21(24)22-11-10-17-13-18(25-3)8-9-20(17)26-4/h5-9,12-13,15H,10-11H2,1-4H3,(H,22,24). The van der Waals surface area contributed by atoms with Crippen LogP contribution in [0.15, 0.2) is 42.5 Å². The molecule has 0 bridgehead atoms. The zero-order valence-electron chi connectivity index (χ0n) is 16.1. The third-order valence-corrected chi connectivity index (χ3v) is 4.10. The van der Waals surface area contributed by atoms with Gasteiger partial charge in [0.15, 0.2) is 11.9 Å². The van der Waals surface area contributed by atoms with Crippen molar-refractivity contribution < 1.29 is 23.8 Å². The van der Waals surface area contributed by atoms with Gasteiger partial charge in [0.05, 0.1) is 14.2 Å². The van der Waals surface area contributed by atoms with Crippen molar-refractivity contribution >= 4 is 11.7 Å². The van der Waals surface area contributed by atoms with Gasteiger partial charge in [-0.25, -0.2) is 0 Å². The SMILES string of the molecule is COc1ccc(OC)c(CCNC(=O)C(C)Oc2cccc(C(C)=O)c2)c1. The lowest BCUT2D eigenvalue weighted by Gasteiger charge is -2.16. The van der Waals surface area contributed by atoms with Crippen molar-refractivity contribution in [3.63, 3.8) is 0 Å². The van der Waals surface area contributed by atoms with Crippen molar-refractivity contribution in [1.29, 1.82) is 0 Å². The summed E-state index contributed by atoms with van der Waals surface area (Å²) < 4.78 is 16.2. The second-order valence-electron chi connectivity index (χ2n) is 6.06. The monoisotopic (exact) mass is 371 g/mol. The normalized spacial score (nSPS) is 11.4. The van der Waals surface area contributed by atoms with Crippen LogP contribution in [0.4, 0.5) is 0 Å². The van der Waals surface area contributed by atoms with E-state index in [0.29, 0.717) is 24.3 Å². The molecule has 0 saturated heterocycles. The molecule has 27 heavy (non-hydrogen) atoms. The number of carbonyl (C=O) groups is 2. The van der Waals surface area contributed by atoms with Crippen LogP contribution in [0.1, 0.15) is 29.8 Å². The molecule has 0 radical (unpaired) electrons. The summed E-state index contributed by atoms with van der Waals surface area (Å²) in [5, 5.41) is 2.85. The highest BCUT2D eigenvalue weighted by molar-refractivity contribution is 5.94. The lowest BCUT2D eigenvalue weighted by Crippen LogP contribution is -2.37. The number of hydrogen-bond donors (Lipinski definition) is 1. The highest BCUT2D eigenvalue weighted by atomic mass is 16.5. The second-order valence-corrected chi connectivity index (χ2v) is 6.06. The molecule has 0 aliphatic carbocycles. The Balaban J connectivity index is 1.90. The fraction of sp³-hybridized carbons (Fsp3) is 0.333. The minimum Gasteiger partial charge on any atom is -0.497 e. The number of Topliss-reactive ketones (excluding diaryl/α,β-unsaturated/α-hetero) is 1. The van der Waals surface area contributed by atoms with Gasteiger partial charge >= 0.3 is 0 Å². The van der Waals surface area contributed by atoms with Crippen LogP contribution in [0.25, 0.3) is 0 Å². The molecule has 0 aromatic heterocycles. The van der Waals surface area contributed by atoms with Gasteiger partial charge in [-0.2, -0.15) is 0 Å². The smallest absolute Gasteiger partial charge is 0.260 e. The minimum atomic E-state index is -0.681. The van der Waals surface area contributed by atoms with Gasteiger partial charge in [0, 0.05) is 12.1 Å².